The predicted molar refractivity (Wildman–Crippen MR) is 78.9 cm³/mol. The number of halogens is 1. The molecule has 0 aliphatic carbocycles. The van der Waals surface area contributed by atoms with Gasteiger partial charge in [0.1, 0.15) is 6.04 Å². The molecule has 2 N–H and O–H groups in total. The third-order valence-electron chi connectivity index (χ3n) is 2.31. The molecule has 0 heterocycles. The standard InChI is InChI=1S/C11H14BrNO4S2/c1-18-6-5-10(11(14)15)13-19(16,17)9-4-2-3-8(12)7-9/h2-4,7,10,13H,5-6H2,1H3,(H,14,15)/t10-/m1/s1. The first-order valence-corrected chi connectivity index (χ1v) is 9.03. The number of thioether (sulfide) groups is 1. The summed E-state index contributed by atoms with van der Waals surface area (Å²) in [6.07, 6.45) is 2.07. The van der Waals surface area contributed by atoms with Crippen LogP contribution in [-0.2, 0) is 14.8 Å². The normalized spacial score (nSPS) is 13.2. The Kier molecular flexibility index (Phi) is 6.31. The highest BCUT2D eigenvalue weighted by atomic mass is 79.9. The van der Waals surface area contributed by atoms with Crippen LogP contribution in [0, 0.1) is 0 Å². The number of carbonyl (C=O) groups is 1. The summed E-state index contributed by atoms with van der Waals surface area (Å²) in [5, 5.41) is 9.02. The molecule has 0 aromatic heterocycles. The smallest absolute Gasteiger partial charge is 0.321 e. The van der Waals surface area contributed by atoms with E-state index < -0.39 is 22.0 Å². The zero-order valence-electron chi connectivity index (χ0n) is 10.2. The van der Waals surface area contributed by atoms with Crippen LogP contribution in [0.15, 0.2) is 33.6 Å². The zero-order valence-corrected chi connectivity index (χ0v) is 13.4. The lowest BCUT2D eigenvalue weighted by Crippen LogP contribution is -2.41. The minimum atomic E-state index is -3.83. The second-order valence-corrected chi connectivity index (χ2v) is 7.37. The summed E-state index contributed by atoms with van der Waals surface area (Å²) in [6.45, 7) is 0. The van der Waals surface area contributed by atoms with Gasteiger partial charge in [-0.05, 0) is 36.6 Å². The van der Waals surface area contributed by atoms with Crippen LogP contribution in [0.25, 0.3) is 0 Å². The Balaban J connectivity index is 2.91. The maximum absolute atomic E-state index is 12.1. The van der Waals surface area contributed by atoms with Gasteiger partial charge in [0.15, 0.2) is 0 Å². The van der Waals surface area contributed by atoms with Gasteiger partial charge < -0.3 is 5.11 Å². The predicted octanol–water partition coefficient (Wildman–Crippen LogP) is 1.93. The van der Waals surface area contributed by atoms with Gasteiger partial charge in [-0.3, -0.25) is 4.79 Å². The van der Waals surface area contributed by atoms with E-state index in [1.165, 1.54) is 23.9 Å². The molecule has 0 spiro atoms. The van der Waals surface area contributed by atoms with E-state index in [1.807, 2.05) is 6.26 Å². The third kappa shape index (κ3) is 5.13. The number of sulfonamides is 1. The molecule has 1 aromatic rings. The van der Waals surface area contributed by atoms with Crippen molar-refractivity contribution in [2.24, 2.45) is 0 Å². The molecule has 0 amide bonds. The van der Waals surface area contributed by atoms with E-state index in [9.17, 15) is 13.2 Å². The molecule has 0 bridgehead atoms. The quantitative estimate of drug-likeness (QED) is 0.769. The molecule has 5 nitrogen and oxygen atoms in total. The molecule has 1 atom stereocenters. The van der Waals surface area contributed by atoms with Crippen molar-refractivity contribution in [3.05, 3.63) is 28.7 Å². The highest BCUT2D eigenvalue weighted by molar-refractivity contribution is 9.10. The summed E-state index contributed by atoms with van der Waals surface area (Å²) in [5.74, 6) is -0.606. The van der Waals surface area contributed by atoms with Crippen molar-refractivity contribution in [1.29, 1.82) is 0 Å². The van der Waals surface area contributed by atoms with Gasteiger partial charge in [-0.25, -0.2) is 8.42 Å². The Morgan fingerprint density at radius 3 is 2.74 bits per heavy atom. The largest absolute Gasteiger partial charge is 0.480 e. The van der Waals surface area contributed by atoms with Crippen LogP contribution in [0.3, 0.4) is 0 Å². The number of hydrogen-bond donors (Lipinski definition) is 2. The lowest BCUT2D eigenvalue weighted by molar-refractivity contribution is -0.139. The fourth-order valence-corrected chi connectivity index (χ4v) is 3.65. The average Bonchev–Trinajstić information content (AvgIpc) is 2.34. The van der Waals surface area contributed by atoms with Crippen LogP contribution in [-0.4, -0.2) is 37.5 Å². The average molecular weight is 368 g/mol. The Morgan fingerprint density at radius 2 is 2.21 bits per heavy atom. The highest BCUT2D eigenvalue weighted by Crippen LogP contribution is 2.16. The van der Waals surface area contributed by atoms with Crippen molar-refractivity contribution in [2.45, 2.75) is 17.4 Å². The Bertz CT molecular complexity index is 547. The molecule has 106 valence electrons. The summed E-state index contributed by atoms with van der Waals surface area (Å²) in [7, 11) is -3.83. The van der Waals surface area contributed by atoms with Crippen molar-refractivity contribution in [3.63, 3.8) is 0 Å². The number of hydrogen-bond acceptors (Lipinski definition) is 4. The number of carboxylic acids is 1. The zero-order chi connectivity index (χ0) is 14.5. The van der Waals surface area contributed by atoms with E-state index in [-0.39, 0.29) is 11.3 Å². The molecule has 1 rings (SSSR count). The van der Waals surface area contributed by atoms with Gasteiger partial charge in [0.25, 0.3) is 0 Å². The summed E-state index contributed by atoms with van der Waals surface area (Å²) in [5.41, 5.74) is 0. The number of benzene rings is 1. The fraction of sp³-hybridized carbons (Fsp3) is 0.364. The van der Waals surface area contributed by atoms with Gasteiger partial charge in [-0.15, -0.1) is 0 Å². The molecule has 0 saturated heterocycles. The van der Waals surface area contributed by atoms with E-state index in [4.69, 9.17) is 5.11 Å². The molecule has 0 fully saturated rings. The van der Waals surface area contributed by atoms with Gasteiger partial charge >= 0.3 is 5.97 Å². The molecule has 0 aliphatic heterocycles. The molecule has 0 saturated carbocycles. The fourth-order valence-electron chi connectivity index (χ4n) is 1.36. The van der Waals surface area contributed by atoms with Crippen molar-refractivity contribution in [1.82, 2.24) is 4.72 Å². The molecule has 0 radical (unpaired) electrons. The van der Waals surface area contributed by atoms with Gasteiger partial charge in [-0.2, -0.15) is 16.5 Å². The number of aliphatic carboxylic acids is 1. The van der Waals surface area contributed by atoms with Crippen molar-refractivity contribution >= 4 is 43.7 Å². The molecule has 1 aromatic carbocycles. The monoisotopic (exact) mass is 367 g/mol. The summed E-state index contributed by atoms with van der Waals surface area (Å²) in [4.78, 5) is 11.1. The second kappa shape index (κ2) is 7.28. The Hall–Kier alpha value is -0.570. The van der Waals surface area contributed by atoms with Gasteiger partial charge in [0.2, 0.25) is 10.0 Å². The van der Waals surface area contributed by atoms with E-state index in [0.717, 1.165) is 0 Å². The van der Waals surface area contributed by atoms with Crippen LogP contribution >= 0.6 is 27.7 Å². The number of rotatable bonds is 7. The van der Waals surface area contributed by atoms with E-state index in [1.54, 1.807) is 12.1 Å². The summed E-state index contributed by atoms with van der Waals surface area (Å²) < 4.78 is 26.9. The lowest BCUT2D eigenvalue weighted by atomic mass is 10.2. The third-order valence-corrected chi connectivity index (χ3v) is 4.92. The highest BCUT2D eigenvalue weighted by Gasteiger charge is 2.24. The summed E-state index contributed by atoms with van der Waals surface area (Å²) in [6, 6.07) is 5.00. The SMILES string of the molecule is CSCC[C@@H](NS(=O)(=O)c1cccc(Br)c1)C(=O)O. The molecular formula is C11H14BrNO4S2. The molecule has 0 aliphatic rings. The Morgan fingerprint density at radius 1 is 1.53 bits per heavy atom. The Labute approximate surface area is 125 Å². The first kappa shape index (κ1) is 16.5. The summed E-state index contributed by atoms with van der Waals surface area (Å²) >= 11 is 4.65. The van der Waals surface area contributed by atoms with Crippen LogP contribution in [0.5, 0.6) is 0 Å². The van der Waals surface area contributed by atoms with Crippen LogP contribution in [0.2, 0.25) is 0 Å². The van der Waals surface area contributed by atoms with Crippen molar-refractivity contribution in [2.75, 3.05) is 12.0 Å². The minimum absolute atomic E-state index is 0.0391. The van der Waals surface area contributed by atoms with Gasteiger partial charge in [-0.1, -0.05) is 22.0 Å². The second-order valence-electron chi connectivity index (χ2n) is 3.75. The van der Waals surface area contributed by atoms with Gasteiger partial charge in [0, 0.05) is 4.47 Å². The van der Waals surface area contributed by atoms with E-state index >= 15 is 0 Å². The molecule has 0 unspecified atom stereocenters. The van der Waals surface area contributed by atoms with Crippen LogP contribution < -0.4 is 4.72 Å². The van der Waals surface area contributed by atoms with Crippen molar-refractivity contribution in [3.8, 4) is 0 Å². The maximum atomic E-state index is 12.1. The minimum Gasteiger partial charge on any atom is -0.480 e. The van der Waals surface area contributed by atoms with E-state index in [2.05, 4.69) is 20.7 Å². The molecular weight excluding hydrogens is 354 g/mol. The topological polar surface area (TPSA) is 83.5 Å². The molecule has 8 heteroatoms. The van der Waals surface area contributed by atoms with E-state index in [0.29, 0.717) is 10.2 Å². The lowest BCUT2D eigenvalue weighted by Gasteiger charge is -2.14. The van der Waals surface area contributed by atoms with Crippen LogP contribution in [0.4, 0.5) is 0 Å². The number of carboxylic acid groups (broad SMARTS) is 1. The maximum Gasteiger partial charge on any atom is 0.321 e. The van der Waals surface area contributed by atoms with Gasteiger partial charge in [0.05, 0.1) is 4.90 Å². The molecule has 19 heavy (non-hydrogen) atoms. The first-order chi connectivity index (χ1) is 8.86. The first-order valence-electron chi connectivity index (χ1n) is 5.36. The number of nitrogens with one attached hydrogen (secondary N) is 1. The van der Waals surface area contributed by atoms with Crippen LogP contribution in [0.1, 0.15) is 6.42 Å². The van der Waals surface area contributed by atoms with Crippen molar-refractivity contribution < 1.29 is 18.3 Å².